The fraction of sp³-hybridized carbons (Fsp3) is 0. The van der Waals surface area contributed by atoms with Gasteiger partial charge in [-0.15, -0.1) is 0 Å². The molecular weight excluding hydrogens is 664 g/mol. The van der Waals surface area contributed by atoms with Gasteiger partial charge in [-0.3, -0.25) is 0 Å². The average Bonchev–Trinajstić information content (AvgIpc) is 2.34. The van der Waals surface area contributed by atoms with E-state index in [0.717, 1.165) is 38.0 Å². The van der Waals surface area contributed by atoms with E-state index in [0.29, 0.717) is 5.71 Å². The van der Waals surface area contributed by atoms with Crippen molar-refractivity contribution < 1.29 is 4.79 Å². The van der Waals surface area contributed by atoms with Crippen LogP contribution in [0.5, 0.6) is 0 Å². The second-order valence-electron chi connectivity index (χ2n) is 3.94. The van der Waals surface area contributed by atoms with Gasteiger partial charge in [-0.05, 0) is 88.0 Å². The van der Waals surface area contributed by atoms with E-state index < -0.39 is 0 Å². The molecule has 8 heteroatoms. The van der Waals surface area contributed by atoms with Crippen LogP contribution in [0.1, 0.15) is 11.1 Å². The van der Waals surface area contributed by atoms with Crippen molar-refractivity contribution in [2.24, 2.45) is 0 Å². The van der Waals surface area contributed by atoms with Crippen LogP contribution in [0.25, 0.3) is 5.53 Å². The SMILES string of the molecule is [N-]=[N+]=C(c1c(Br)cc(Br)cc1Br)c1c(Br)cc(Br)cc1Br. The lowest BCUT2D eigenvalue weighted by atomic mass is 10.0. The Morgan fingerprint density at radius 2 is 0.952 bits per heavy atom. The van der Waals surface area contributed by atoms with E-state index in [1.165, 1.54) is 0 Å². The highest BCUT2D eigenvalue weighted by atomic mass is 79.9. The molecule has 2 nitrogen and oxygen atoms in total. The fourth-order valence-electron chi connectivity index (χ4n) is 1.76. The quantitative estimate of drug-likeness (QED) is 0.183. The fourth-order valence-corrected chi connectivity index (χ4v) is 7.03. The summed E-state index contributed by atoms with van der Waals surface area (Å²) in [6.45, 7) is 0. The van der Waals surface area contributed by atoms with Crippen LogP contribution >= 0.6 is 95.6 Å². The number of hydrogen-bond donors (Lipinski definition) is 0. The van der Waals surface area contributed by atoms with Gasteiger partial charge in [0.05, 0.1) is 11.1 Å². The predicted octanol–water partition coefficient (Wildman–Crippen LogP) is 7.33. The van der Waals surface area contributed by atoms with Gasteiger partial charge in [-0.1, -0.05) is 31.9 Å². The van der Waals surface area contributed by atoms with Gasteiger partial charge in [0.25, 0.3) is 0 Å². The van der Waals surface area contributed by atoms with E-state index >= 15 is 0 Å². The lowest BCUT2D eigenvalue weighted by Crippen LogP contribution is -2.09. The second-order valence-corrected chi connectivity index (χ2v) is 9.19. The first kappa shape index (κ1) is 18.0. The summed E-state index contributed by atoms with van der Waals surface area (Å²) in [5, 5.41) is 0. The number of hydrogen-bond acceptors (Lipinski definition) is 0. The highest BCUT2D eigenvalue weighted by Crippen LogP contribution is 2.36. The Morgan fingerprint density at radius 1 is 0.667 bits per heavy atom. The Hall–Kier alpha value is 0.700. The lowest BCUT2D eigenvalue weighted by Gasteiger charge is -2.08. The molecule has 0 spiro atoms. The zero-order valence-electron chi connectivity index (χ0n) is 9.97. The maximum atomic E-state index is 9.55. The summed E-state index contributed by atoms with van der Waals surface area (Å²) in [7, 11) is 0. The maximum absolute atomic E-state index is 9.55. The van der Waals surface area contributed by atoms with Gasteiger partial charge >= 0.3 is 5.71 Å². The topological polar surface area (TPSA) is 36.4 Å². The summed E-state index contributed by atoms with van der Waals surface area (Å²) >= 11 is 20.9. The summed E-state index contributed by atoms with van der Waals surface area (Å²) in [4.78, 5) is 3.50. The van der Waals surface area contributed by atoms with Gasteiger partial charge in [0, 0.05) is 26.8 Å². The molecule has 0 atom stereocenters. The maximum Gasteiger partial charge on any atom is 0.334 e. The molecule has 0 heterocycles. The summed E-state index contributed by atoms with van der Waals surface area (Å²) in [5.74, 6) is 0. The average molecular weight is 668 g/mol. The number of halogens is 6. The van der Waals surface area contributed by atoms with Crippen LogP contribution in [-0.2, 0) is 0 Å². The van der Waals surface area contributed by atoms with E-state index in [1.54, 1.807) is 0 Å². The molecule has 0 saturated heterocycles. The molecule has 0 amide bonds. The van der Waals surface area contributed by atoms with E-state index in [2.05, 4.69) is 100 Å². The normalized spacial score (nSPS) is 10.4. The molecule has 0 aliphatic heterocycles. The molecule has 2 rings (SSSR count). The third-order valence-corrected chi connectivity index (χ3v) is 6.00. The minimum atomic E-state index is 0.438. The monoisotopic (exact) mass is 662 g/mol. The van der Waals surface area contributed by atoms with Gasteiger partial charge in [-0.25, -0.2) is 0 Å². The number of rotatable bonds is 2. The summed E-state index contributed by atoms with van der Waals surface area (Å²) in [6, 6.07) is 7.58. The molecule has 0 unspecified atom stereocenters. The van der Waals surface area contributed by atoms with Crippen molar-refractivity contribution in [2.45, 2.75) is 0 Å². The van der Waals surface area contributed by atoms with Crippen LogP contribution in [0.15, 0.2) is 51.1 Å². The summed E-state index contributed by atoms with van der Waals surface area (Å²) in [5.41, 5.74) is 11.5. The van der Waals surface area contributed by atoms with Crippen molar-refractivity contribution in [1.29, 1.82) is 0 Å². The van der Waals surface area contributed by atoms with Gasteiger partial charge in [0.1, 0.15) is 0 Å². The first-order valence-electron chi connectivity index (χ1n) is 5.37. The lowest BCUT2D eigenvalue weighted by molar-refractivity contribution is -0.00300. The zero-order chi connectivity index (χ0) is 15.7. The summed E-state index contributed by atoms with van der Waals surface area (Å²) < 4.78 is 5.04. The van der Waals surface area contributed by atoms with Crippen molar-refractivity contribution in [3.05, 3.63) is 67.8 Å². The molecular formula is C13H4Br6N2. The minimum absolute atomic E-state index is 0.438. The van der Waals surface area contributed by atoms with Gasteiger partial charge in [0.2, 0.25) is 0 Å². The largest absolute Gasteiger partial charge is 0.361 e. The van der Waals surface area contributed by atoms with Crippen LogP contribution in [-0.4, -0.2) is 10.5 Å². The second kappa shape index (κ2) is 7.51. The van der Waals surface area contributed by atoms with Gasteiger partial charge in [-0.2, -0.15) is 4.79 Å². The van der Waals surface area contributed by atoms with Crippen LogP contribution < -0.4 is 0 Å². The van der Waals surface area contributed by atoms with Crippen LogP contribution in [0.4, 0.5) is 0 Å². The Kier molecular flexibility index (Phi) is 6.46. The molecule has 2 aromatic carbocycles. The minimum Gasteiger partial charge on any atom is -0.361 e. The Morgan fingerprint density at radius 3 is 1.19 bits per heavy atom. The highest BCUT2D eigenvalue weighted by Gasteiger charge is 2.27. The van der Waals surface area contributed by atoms with Crippen LogP contribution in [0, 0.1) is 0 Å². The smallest absolute Gasteiger partial charge is 0.334 e. The third kappa shape index (κ3) is 3.97. The molecule has 0 radical (unpaired) electrons. The van der Waals surface area contributed by atoms with Crippen LogP contribution in [0.2, 0.25) is 0 Å². The zero-order valence-corrected chi connectivity index (χ0v) is 19.5. The third-order valence-electron chi connectivity index (χ3n) is 2.59. The van der Waals surface area contributed by atoms with Crippen molar-refractivity contribution >= 4 is 101 Å². The number of benzene rings is 2. The van der Waals surface area contributed by atoms with Crippen molar-refractivity contribution in [3.8, 4) is 0 Å². The molecule has 21 heavy (non-hydrogen) atoms. The standard InChI is InChI=1S/C13H4Br6N2/c14-5-1-7(16)11(8(17)2-5)13(21-20)12-9(18)3-6(15)4-10(12)19/h1-4H. The van der Waals surface area contributed by atoms with Crippen LogP contribution in [0.3, 0.4) is 0 Å². The molecule has 2 aromatic rings. The van der Waals surface area contributed by atoms with E-state index in [-0.39, 0.29) is 0 Å². The molecule has 0 fully saturated rings. The molecule has 0 saturated carbocycles. The van der Waals surface area contributed by atoms with Crippen molar-refractivity contribution in [2.75, 3.05) is 0 Å². The first-order valence-corrected chi connectivity index (χ1v) is 10.1. The highest BCUT2D eigenvalue weighted by molar-refractivity contribution is 9.12. The molecule has 0 N–H and O–H groups in total. The van der Waals surface area contributed by atoms with E-state index in [4.69, 9.17) is 0 Å². The Balaban J connectivity index is 2.77. The van der Waals surface area contributed by atoms with Gasteiger partial charge in [0.15, 0.2) is 0 Å². The van der Waals surface area contributed by atoms with Crippen molar-refractivity contribution in [1.82, 2.24) is 0 Å². The molecule has 0 aliphatic rings. The van der Waals surface area contributed by atoms with Gasteiger partial charge < -0.3 is 5.53 Å². The first-order chi connectivity index (χ1) is 9.85. The summed E-state index contributed by atoms with van der Waals surface area (Å²) in [6.07, 6.45) is 0. The molecule has 0 bridgehead atoms. The predicted molar refractivity (Wildman–Crippen MR) is 106 cm³/mol. The molecule has 0 aromatic heterocycles. The van der Waals surface area contributed by atoms with E-state index in [1.807, 2.05) is 24.3 Å². The van der Waals surface area contributed by atoms with Crippen molar-refractivity contribution in [3.63, 3.8) is 0 Å². The molecule has 108 valence electrons. The Bertz CT molecular complexity index is 675. The Labute approximate surface area is 172 Å². The number of nitrogens with zero attached hydrogens (tertiary/aromatic N) is 2. The molecule has 0 aliphatic carbocycles. The van der Waals surface area contributed by atoms with E-state index in [9.17, 15) is 5.53 Å².